The molecule has 0 spiro atoms. The molecule has 0 aromatic heterocycles. The van der Waals surface area contributed by atoms with Crippen LogP contribution < -0.4 is 5.32 Å². The molecule has 0 aliphatic carbocycles. The van der Waals surface area contributed by atoms with Crippen molar-refractivity contribution in [2.24, 2.45) is 0 Å². The van der Waals surface area contributed by atoms with Crippen molar-refractivity contribution in [2.45, 2.75) is 25.0 Å². The molecule has 1 fully saturated rings. The summed E-state index contributed by atoms with van der Waals surface area (Å²) in [6, 6.07) is 0. The van der Waals surface area contributed by atoms with Gasteiger partial charge >= 0.3 is 5.97 Å². The van der Waals surface area contributed by atoms with Crippen LogP contribution in [0.1, 0.15) is 12.8 Å². The predicted molar refractivity (Wildman–Crippen MR) is 53.5 cm³/mol. The largest absolute Gasteiger partial charge is 0.479 e. The Kier molecular flexibility index (Phi) is 4.11. The molecule has 0 radical (unpaired) electrons. The fraction of sp³-hybridized carbons (Fsp3) is 0.556. The van der Waals surface area contributed by atoms with Gasteiger partial charge in [-0.3, -0.25) is 4.79 Å². The van der Waals surface area contributed by atoms with E-state index in [9.17, 15) is 9.59 Å². The van der Waals surface area contributed by atoms with E-state index in [-0.39, 0.29) is 12.5 Å². The van der Waals surface area contributed by atoms with E-state index in [0.717, 1.165) is 0 Å². The van der Waals surface area contributed by atoms with Crippen molar-refractivity contribution >= 4 is 23.5 Å². The second kappa shape index (κ2) is 5.14. The fourth-order valence-electron chi connectivity index (χ4n) is 1.31. The lowest BCUT2D eigenvalue weighted by Gasteiger charge is -2.10. The van der Waals surface area contributed by atoms with Crippen LogP contribution in [0.5, 0.6) is 0 Å². The number of ether oxygens (including phenoxy) is 1. The highest BCUT2D eigenvalue weighted by atomic mass is 35.5. The van der Waals surface area contributed by atoms with Crippen molar-refractivity contribution in [1.82, 2.24) is 5.32 Å². The van der Waals surface area contributed by atoms with E-state index in [0.29, 0.717) is 17.9 Å². The molecule has 2 N–H and O–H groups in total. The van der Waals surface area contributed by atoms with Gasteiger partial charge < -0.3 is 15.2 Å². The standard InChI is InChI=1S/C9H12ClNO4/c1-5(10)4-11-8(12)6-2-3-7(15-6)9(13)14/h6-7H,1-4H2,(H,11,12)(H,13,14)/t6-,7+/m0/s1. The molecule has 0 saturated carbocycles. The number of halogens is 1. The van der Waals surface area contributed by atoms with Crippen LogP contribution in [0, 0.1) is 0 Å². The molecular weight excluding hydrogens is 222 g/mol. The summed E-state index contributed by atoms with van der Waals surface area (Å²) in [6.07, 6.45) is -0.797. The van der Waals surface area contributed by atoms with Crippen molar-refractivity contribution in [3.8, 4) is 0 Å². The molecule has 1 rings (SSSR count). The van der Waals surface area contributed by atoms with E-state index in [1.165, 1.54) is 0 Å². The van der Waals surface area contributed by atoms with E-state index in [2.05, 4.69) is 11.9 Å². The quantitative estimate of drug-likeness (QED) is 0.741. The Labute approximate surface area is 92.0 Å². The van der Waals surface area contributed by atoms with Crippen LogP contribution in [0.3, 0.4) is 0 Å². The lowest BCUT2D eigenvalue weighted by Crippen LogP contribution is -2.36. The molecule has 1 saturated heterocycles. The molecule has 1 aliphatic heterocycles. The molecule has 0 bridgehead atoms. The molecule has 5 nitrogen and oxygen atoms in total. The summed E-state index contributed by atoms with van der Waals surface area (Å²) >= 11 is 5.46. The molecule has 1 heterocycles. The van der Waals surface area contributed by atoms with Gasteiger partial charge in [0.15, 0.2) is 6.10 Å². The molecule has 6 heteroatoms. The number of nitrogens with one attached hydrogen (secondary N) is 1. The van der Waals surface area contributed by atoms with Crippen LogP contribution in [0.4, 0.5) is 0 Å². The van der Waals surface area contributed by atoms with Gasteiger partial charge in [0, 0.05) is 5.03 Å². The van der Waals surface area contributed by atoms with E-state index in [1.807, 2.05) is 0 Å². The minimum atomic E-state index is -1.04. The number of rotatable bonds is 4. The number of hydrogen-bond donors (Lipinski definition) is 2. The maximum atomic E-state index is 11.4. The summed E-state index contributed by atoms with van der Waals surface area (Å²) in [6.45, 7) is 3.58. The summed E-state index contributed by atoms with van der Waals surface area (Å²) in [7, 11) is 0. The van der Waals surface area contributed by atoms with Crippen molar-refractivity contribution in [3.05, 3.63) is 11.6 Å². The van der Waals surface area contributed by atoms with E-state index in [4.69, 9.17) is 21.4 Å². The van der Waals surface area contributed by atoms with E-state index < -0.39 is 18.2 Å². The van der Waals surface area contributed by atoms with Gasteiger partial charge in [-0.15, -0.1) is 0 Å². The molecule has 0 aromatic carbocycles. The smallest absolute Gasteiger partial charge is 0.332 e. The van der Waals surface area contributed by atoms with Gasteiger partial charge in [-0.25, -0.2) is 4.79 Å². The maximum absolute atomic E-state index is 11.4. The normalized spacial score (nSPS) is 24.9. The monoisotopic (exact) mass is 233 g/mol. The van der Waals surface area contributed by atoms with Crippen molar-refractivity contribution in [2.75, 3.05) is 6.54 Å². The lowest BCUT2D eigenvalue weighted by molar-refractivity contribution is -0.151. The molecule has 0 unspecified atom stereocenters. The third-order valence-electron chi connectivity index (χ3n) is 2.04. The number of carboxylic acid groups (broad SMARTS) is 1. The topological polar surface area (TPSA) is 75.6 Å². The predicted octanol–water partition coefficient (Wildman–Crippen LogP) is 0.487. The maximum Gasteiger partial charge on any atom is 0.332 e. The zero-order valence-corrected chi connectivity index (χ0v) is 8.79. The van der Waals surface area contributed by atoms with Crippen molar-refractivity contribution in [3.63, 3.8) is 0 Å². The van der Waals surface area contributed by atoms with Crippen LogP contribution in [-0.4, -0.2) is 35.7 Å². The zero-order chi connectivity index (χ0) is 11.4. The molecule has 0 aromatic rings. The molecule has 1 amide bonds. The third kappa shape index (κ3) is 3.53. The number of amides is 1. The van der Waals surface area contributed by atoms with Gasteiger partial charge in [0.05, 0.1) is 6.54 Å². The van der Waals surface area contributed by atoms with Crippen LogP contribution in [-0.2, 0) is 14.3 Å². The second-order valence-corrected chi connectivity index (χ2v) is 3.80. The molecule has 2 atom stereocenters. The highest BCUT2D eigenvalue weighted by Crippen LogP contribution is 2.19. The van der Waals surface area contributed by atoms with E-state index >= 15 is 0 Å². The zero-order valence-electron chi connectivity index (χ0n) is 8.03. The molecule has 1 aliphatic rings. The van der Waals surface area contributed by atoms with Crippen LogP contribution >= 0.6 is 11.6 Å². The number of carboxylic acids is 1. The first-order valence-electron chi connectivity index (χ1n) is 4.50. The Bertz CT molecular complexity index is 292. The Hall–Kier alpha value is -1.07. The van der Waals surface area contributed by atoms with E-state index in [1.54, 1.807) is 0 Å². The van der Waals surface area contributed by atoms with Gasteiger partial charge in [0.2, 0.25) is 5.91 Å². The summed E-state index contributed by atoms with van der Waals surface area (Å²) in [4.78, 5) is 21.9. The SMILES string of the molecule is C=C(Cl)CNC(=O)[C@@H]1CC[C@H](C(=O)O)O1. The number of carbonyl (C=O) groups is 2. The third-order valence-corrected chi connectivity index (χ3v) is 2.18. The Morgan fingerprint density at radius 2 is 2.07 bits per heavy atom. The Balaban J connectivity index is 2.36. The first-order valence-corrected chi connectivity index (χ1v) is 4.87. The summed E-state index contributed by atoms with van der Waals surface area (Å²) < 4.78 is 5.03. The van der Waals surface area contributed by atoms with Gasteiger partial charge in [-0.2, -0.15) is 0 Å². The summed E-state index contributed by atoms with van der Waals surface area (Å²) in [5, 5.41) is 11.5. The number of aliphatic carboxylic acids is 1. The highest BCUT2D eigenvalue weighted by molar-refractivity contribution is 6.29. The molecule has 15 heavy (non-hydrogen) atoms. The fourth-order valence-corrected chi connectivity index (χ4v) is 1.38. The van der Waals surface area contributed by atoms with Gasteiger partial charge in [0.25, 0.3) is 0 Å². The van der Waals surface area contributed by atoms with Gasteiger partial charge in [0.1, 0.15) is 6.10 Å². The minimum absolute atomic E-state index is 0.165. The van der Waals surface area contributed by atoms with Gasteiger partial charge in [-0.05, 0) is 12.8 Å². The summed E-state index contributed by atoms with van der Waals surface area (Å²) in [5.41, 5.74) is 0. The summed E-state index contributed by atoms with van der Waals surface area (Å²) in [5.74, 6) is -1.38. The second-order valence-electron chi connectivity index (χ2n) is 3.26. The first-order chi connectivity index (χ1) is 7.00. The molecular formula is C9H12ClNO4. The van der Waals surface area contributed by atoms with Gasteiger partial charge in [-0.1, -0.05) is 18.2 Å². The first kappa shape index (κ1) is 12.0. The molecule has 84 valence electrons. The highest BCUT2D eigenvalue weighted by Gasteiger charge is 2.34. The number of carbonyl (C=O) groups excluding carboxylic acids is 1. The minimum Gasteiger partial charge on any atom is -0.479 e. The Morgan fingerprint density at radius 3 is 2.53 bits per heavy atom. The Morgan fingerprint density at radius 1 is 1.47 bits per heavy atom. The van der Waals surface area contributed by atoms with Crippen LogP contribution in [0.25, 0.3) is 0 Å². The average molecular weight is 234 g/mol. The van der Waals surface area contributed by atoms with Crippen molar-refractivity contribution < 1.29 is 19.4 Å². The van der Waals surface area contributed by atoms with Crippen LogP contribution in [0.2, 0.25) is 0 Å². The van der Waals surface area contributed by atoms with Crippen LogP contribution in [0.15, 0.2) is 11.6 Å². The average Bonchev–Trinajstić information content (AvgIpc) is 2.62. The van der Waals surface area contributed by atoms with Crippen molar-refractivity contribution in [1.29, 1.82) is 0 Å². The lowest BCUT2D eigenvalue weighted by atomic mass is 10.2. The number of hydrogen-bond acceptors (Lipinski definition) is 3.